The molecule has 1 fully saturated rings. The van der Waals surface area contributed by atoms with Gasteiger partial charge in [-0.3, -0.25) is 0 Å². The van der Waals surface area contributed by atoms with Gasteiger partial charge in [0.2, 0.25) is 10.0 Å². The molecule has 2 heterocycles. The van der Waals surface area contributed by atoms with Gasteiger partial charge in [0, 0.05) is 24.3 Å². The van der Waals surface area contributed by atoms with Gasteiger partial charge in [0.25, 0.3) is 0 Å². The van der Waals surface area contributed by atoms with Crippen molar-refractivity contribution in [2.24, 2.45) is 0 Å². The molecular weight excluding hydrogens is 286 g/mol. The van der Waals surface area contributed by atoms with Crippen LogP contribution >= 0.6 is 0 Å². The fourth-order valence-electron chi connectivity index (χ4n) is 2.94. The molecule has 1 aromatic heterocycles. The van der Waals surface area contributed by atoms with Crippen molar-refractivity contribution in [1.82, 2.24) is 14.6 Å². The highest BCUT2D eigenvalue weighted by Gasteiger charge is 2.15. The zero-order valence-electron chi connectivity index (χ0n) is 12.2. The third-order valence-electron chi connectivity index (χ3n) is 4.08. The summed E-state index contributed by atoms with van der Waals surface area (Å²) in [7, 11) is -1.78. The minimum Gasteiger partial charge on any atom is -0.346 e. The molecule has 1 aliphatic rings. The summed E-state index contributed by atoms with van der Waals surface area (Å²) < 4.78 is 27.8. The molecule has 1 aromatic carbocycles. The molecule has 6 heteroatoms. The average Bonchev–Trinajstić information content (AvgIpc) is 3.09. The first-order valence-corrected chi connectivity index (χ1v) is 8.95. The van der Waals surface area contributed by atoms with E-state index in [1.165, 1.54) is 19.9 Å². The molecule has 1 atom stereocenters. The smallest absolute Gasteiger partial charge is 0.215 e. The van der Waals surface area contributed by atoms with E-state index in [-0.39, 0.29) is 5.75 Å². The lowest BCUT2D eigenvalue weighted by molar-refractivity contribution is 0.519. The maximum atomic E-state index is 11.6. The van der Waals surface area contributed by atoms with Crippen LogP contribution in [0.25, 0.3) is 10.9 Å². The first-order valence-electron chi connectivity index (χ1n) is 7.30. The minimum atomic E-state index is -3.22. The summed E-state index contributed by atoms with van der Waals surface area (Å²) in [6.07, 6.45) is 4.55. The molecule has 21 heavy (non-hydrogen) atoms. The fraction of sp³-hybridized carbons (Fsp3) is 0.467. The third kappa shape index (κ3) is 3.28. The average molecular weight is 307 g/mol. The van der Waals surface area contributed by atoms with E-state index in [9.17, 15) is 8.42 Å². The van der Waals surface area contributed by atoms with Gasteiger partial charge in [-0.2, -0.15) is 0 Å². The van der Waals surface area contributed by atoms with Crippen molar-refractivity contribution in [3.8, 4) is 0 Å². The third-order valence-corrected chi connectivity index (χ3v) is 5.42. The van der Waals surface area contributed by atoms with E-state index in [1.54, 1.807) is 0 Å². The number of nitrogens with zero attached hydrogens (tertiary/aromatic N) is 1. The summed E-state index contributed by atoms with van der Waals surface area (Å²) in [4.78, 5) is 0. The van der Waals surface area contributed by atoms with Crippen molar-refractivity contribution in [3.05, 3.63) is 36.0 Å². The number of benzene rings is 1. The highest BCUT2D eigenvalue weighted by Crippen LogP contribution is 2.20. The standard InChI is InChI=1S/C15H21N3O2S/c1-16-21(19,20)11-12-4-5-15-13(9-12)6-8-18(15)10-14-3-2-7-17-14/h4-6,8-9,14,16-17H,2-3,7,10-11H2,1H3/t14-/m1/s1. The highest BCUT2D eigenvalue weighted by atomic mass is 32.2. The highest BCUT2D eigenvalue weighted by molar-refractivity contribution is 7.88. The molecule has 0 aliphatic carbocycles. The minimum absolute atomic E-state index is 0.0226. The number of nitrogens with one attached hydrogen (secondary N) is 2. The van der Waals surface area contributed by atoms with Crippen molar-refractivity contribution in [2.75, 3.05) is 13.6 Å². The molecule has 5 nitrogen and oxygen atoms in total. The van der Waals surface area contributed by atoms with E-state index in [2.05, 4.69) is 26.9 Å². The zero-order valence-corrected chi connectivity index (χ0v) is 13.0. The summed E-state index contributed by atoms with van der Waals surface area (Å²) in [6.45, 7) is 2.08. The van der Waals surface area contributed by atoms with E-state index in [1.807, 2.05) is 18.2 Å². The van der Waals surface area contributed by atoms with Gasteiger partial charge >= 0.3 is 0 Å². The predicted molar refractivity (Wildman–Crippen MR) is 84.6 cm³/mol. The lowest BCUT2D eigenvalue weighted by Crippen LogP contribution is -2.26. The largest absolute Gasteiger partial charge is 0.346 e. The molecule has 2 N–H and O–H groups in total. The van der Waals surface area contributed by atoms with Crippen molar-refractivity contribution < 1.29 is 8.42 Å². The molecule has 0 spiro atoms. The van der Waals surface area contributed by atoms with Gasteiger partial charge in [-0.15, -0.1) is 0 Å². The lowest BCUT2D eigenvalue weighted by Gasteiger charge is -2.12. The number of sulfonamides is 1. The molecule has 0 saturated carbocycles. The van der Waals surface area contributed by atoms with Crippen LogP contribution in [0, 0.1) is 0 Å². The Labute approximate surface area is 125 Å². The fourth-order valence-corrected chi connectivity index (χ4v) is 3.70. The summed E-state index contributed by atoms with van der Waals surface area (Å²) in [5.41, 5.74) is 1.97. The Morgan fingerprint density at radius 1 is 1.38 bits per heavy atom. The first-order chi connectivity index (χ1) is 10.1. The number of hydrogen-bond acceptors (Lipinski definition) is 3. The SMILES string of the molecule is CNS(=O)(=O)Cc1ccc2c(ccn2C[C@H]2CCCN2)c1. The van der Waals surface area contributed by atoms with Crippen molar-refractivity contribution in [3.63, 3.8) is 0 Å². The quantitative estimate of drug-likeness (QED) is 0.878. The Hall–Kier alpha value is -1.37. The van der Waals surface area contributed by atoms with Gasteiger partial charge in [0.05, 0.1) is 5.75 Å². The Balaban J connectivity index is 1.83. The van der Waals surface area contributed by atoms with Crippen molar-refractivity contribution in [1.29, 1.82) is 0 Å². The lowest BCUT2D eigenvalue weighted by atomic mass is 10.2. The van der Waals surface area contributed by atoms with Crippen molar-refractivity contribution in [2.45, 2.75) is 31.2 Å². The van der Waals surface area contributed by atoms with Gasteiger partial charge in [0.15, 0.2) is 0 Å². The van der Waals surface area contributed by atoms with Gasteiger partial charge in [-0.05, 0) is 55.6 Å². The zero-order chi connectivity index (χ0) is 14.9. The molecule has 1 saturated heterocycles. The van der Waals surface area contributed by atoms with Crippen LogP contribution < -0.4 is 10.0 Å². The summed E-state index contributed by atoms with van der Waals surface area (Å²) >= 11 is 0. The van der Waals surface area contributed by atoms with Gasteiger partial charge in [-0.25, -0.2) is 13.1 Å². The Morgan fingerprint density at radius 3 is 2.95 bits per heavy atom. The topological polar surface area (TPSA) is 63.1 Å². The second-order valence-electron chi connectivity index (χ2n) is 5.62. The second-order valence-corrected chi connectivity index (χ2v) is 7.54. The summed E-state index contributed by atoms with van der Waals surface area (Å²) in [5.74, 6) is 0.0226. The van der Waals surface area contributed by atoms with Gasteiger partial charge in [-0.1, -0.05) is 6.07 Å². The molecule has 114 valence electrons. The van der Waals surface area contributed by atoms with Crippen LogP contribution in [-0.4, -0.2) is 32.6 Å². The predicted octanol–water partition coefficient (Wildman–Crippen LogP) is 1.44. The van der Waals surface area contributed by atoms with Crippen molar-refractivity contribution >= 4 is 20.9 Å². The molecule has 0 amide bonds. The first kappa shape index (κ1) is 14.6. The molecule has 2 aromatic rings. The van der Waals surface area contributed by atoms with Crippen LogP contribution in [0.2, 0.25) is 0 Å². The Kier molecular flexibility index (Phi) is 4.01. The number of aromatic nitrogens is 1. The molecule has 0 unspecified atom stereocenters. The number of hydrogen-bond donors (Lipinski definition) is 2. The van der Waals surface area contributed by atoms with E-state index < -0.39 is 10.0 Å². The van der Waals surface area contributed by atoms with E-state index in [0.717, 1.165) is 29.6 Å². The molecule has 0 radical (unpaired) electrons. The van der Waals surface area contributed by atoms with Gasteiger partial charge < -0.3 is 9.88 Å². The van der Waals surface area contributed by atoms with E-state index in [4.69, 9.17) is 0 Å². The van der Waals surface area contributed by atoms with Crippen LogP contribution in [-0.2, 0) is 22.3 Å². The van der Waals surface area contributed by atoms with E-state index in [0.29, 0.717) is 6.04 Å². The number of fused-ring (bicyclic) bond motifs is 1. The van der Waals surface area contributed by atoms with Crippen LogP contribution in [0.15, 0.2) is 30.5 Å². The Bertz CT molecular complexity index is 730. The van der Waals surface area contributed by atoms with Gasteiger partial charge in [0.1, 0.15) is 0 Å². The molecule has 1 aliphatic heterocycles. The second kappa shape index (κ2) is 5.79. The molecule has 3 rings (SSSR count). The maximum absolute atomic E-state index is 11.6. The maximum Gasteiger partial charge on any atom is 0.215 e. The summed E-state index contributed by atoms with van der Waals surface area (Å²) in [6, 6.07) is 8.48. The van der Waals surface area contributed by atoms with Crippen LogP contribution in [0.3, 0.4) is 0 Å². The Morgan fingerprint density at radius 2 is 2.24 bits per heavy atom. The monoisotopic (exact) mass is 307 g/mol. The summed E-state index contributed by atoms with van der Waals surface area (Å²) in [5, 5.41) is 4.60. The van der Waals surface area contributed by atoms with Crippen LogP contribution in [0.1, 0.15) is 18.4 Å². The van der Waals surface area contributed by atoms with Crippen LogP contribution in [0.5, 0.6) is 0 Å². The molecular formula is C15H21N3O2S. The molecule has 0 bridgehead atoms. The van der Waals surface area contributed by atoms with Crippen LogP contribution in [0.4, 0.5) is 0 Å². The normalized spacial score (nSPS) is 19.4. The number of rotatable bonds is 5. The van der Waals surface area contributed by atoms with E-state index >= 15 is 0 Å².